The highest BCUT2D eigenvalue weighted by Crippen LogP contribution is 2.31. The van der Waals surface area contributed by atoms with Crippen LogP contribution in [0.5, 0.6) is 5.75 Å². The fourth-order valence-electron chi connectivity index (χ4n) is 1.84. The van der Waals surface area contributed by atoms with E-state index in [9.17, 15) is 5.11 Å². The van der Waals surface area contributed by atoms with E-state index in [2.05, 4.69) is 4.98 Å². The van der Waals surface area contributed by atoms with Crippen molar-refractivity contribution in [1.29, 1.82) is 0 Å². The maximum atomic E-state index is 9.68. The predicted molar refractivity (Wildman–Crippen MR) is 53.4 cm³/mol. The zero-order chi connectivity index (χ0) is 9.97. The van der Waals surface area contributed by atoms with E-state index in [1.165, 1.54) is 0 Å². The largest absolute Gasteiger partial charge is 0.506 e. The van der Waals surface area contributed by atoms with Gasteiger partial charge in [0.2, 0.25) is 0 Å². The molecule has 0 radical (unpaired) electrons. The van der Waals surface area contributed by atoms with Crippen LogP contribution < -0.4 is 0 Å². The maximum absolute atomic E-state index is 9.68. The first-order valence-electron chi connectivity index (χ1n) is 5.01. The molecule has 0 aromatic carbocycles. The number of hydrogen-bond acceptors (Lipinski definition) is 3. The Kier molecular flexibility index (Phi) is 2.68. The van der Waals surface area contributed by atoms with E-state index in [4.69, 9.17) is 4.74 Å². The summed E-state index contributed by atoms with van der Waals surface area (Å²) >= 11 is 0. The molecule has 0 aliphatic carbocycles. The Balaban J connectivity index is 2.24. The molecular weight excluding hydrogens is 178 g/mol. The van der Waals surface area contributed by atoms with Gasteiger partial charge < -0.3 is 9.84 Å². The third-order valence-electron chi connectivity index (χ3n) is 2.65. The second kappa shape index (κ2) is 3.96. The van der Waals surface area contributed by atoms with Crippen molar-refractivity contribution < 1.29 is 9.84 Å². The summed E-state index contributed by atoms with van der Waals surface area (Å²) in [5.74, 6) is 0.686. The lowest BCUT2D eigenvalue weighted by Gasteiger charge is -2.22. The molecule has 1 aromatic heterocycles. The van der Waals surface area contributed by atoms with Crippen LogP contribution in [0, 0.1) is 6.92 Å². The summed E-state index contributed by atoms with van der Waals surface area (Å²) in [7, 11) is 0. The van der Waals surface area contributed by atoms with Crippen molar-refractivity contribution in [2.24, 2.45) is 0 Å². The van der Waals surface area contributed by atoms with Gasteiger partial charge in [-0.2, -0.15) is 0 Å². The summed E-state index contributed by atoms with van der Waals surface area (Å²) in [6.07, 6.45) is 1.92. The van der Waals surface area contributed by atoms with Crippen LogP contribution in [0.1, 0.15) is 30.1 Å². The number of aryl methyl sites for hydroxylation is 1. The third-order valence-corrected chi connectivity index (χ3v) is 2.65. The van der Waals surface area contributed by atoms with Gasteiger partial charge in [0.15, 0.2) is 0 Å². The number of hydrogen-bond donors (Lipinski definition) is 1. The summed E-state index contributed by atoms with van der Waals surface area (Å²) in [6, 6.07) is 3.56. The highest BCUT2D eigenvalue weighted by atomic mass is 16.5. The highest BCUT2D eigenvalue weighted by Gasteiger charge is 2.20. The fourth-order valence-corrected chi connectivity index (χ4v) is 1.84. The molecule has 1 fully saturated rings. The zero-order valence-corrected chi connectivity index (χ0v) is 8.36. The van der Waals surface area contributed by atoms with Gasteiger partial charge in [-0.3, -0.25) is 4.98 Å². The normalized spacial score (nSPS) is 18.4. The molecule has 76 valence electrons. The van der Waals surface area contributed by atoms with Crippen LogP contribution in [0.3, 0.4) is 0 Å². The quantitative estimate of drug-likeness (QED) is 0.741. The molecule has 1 saturated heterocycles. The average Bonchev–Trinajstić information content (AvgIpc) is 2.23. The van der Waals surface area contributed by atoms with Crippen LogP contribution in [-0.2, 0) is 4.74 Å². The molecule has 0 spiro atoms. The topological polar surface area (TPSA) is 42.4 Å². The summed E-state index contributed by atoms with van der Waals surface area (Å²) in [5.41, 5.74) is 1.80. The van der Waals surface area contributed by atoms with Gasteiger partial charge >= 0.3 is 0 Å². The van der Waals surface area contributed by atoms with Gasteiger partial charge in [0.1, 0.15) is 5.75 Å². The van der Waals surface area contributed by atoms with E-state index in [1.54, 1.807) is 6.07 Å². The standard InChI is InChI=1S/C11H15NO2/c1-8-2-3-10(13)11(12-8)9-4-6-14-7-5-9/h2-3,9,13H,4-7H2,1H3. The van der Waals surface area contributed by atoms with E-state index >= 15 is 0 Å². The first kappa shape index (κ1) is 9.46. The Morgan fingerprint density at radius 1 is 1.36 bits per heavy atom. The van der Waals surface area contributed by atoms with Gasteiger partial charge in [-0.15, -0.1) is 0 Å². The third kappa shape index (κ3) is 1.87. The molecule has 2 rings (SSSR count). The number of nitrogens with zero attached hydrogens (tertiary/aromatic N) is 1. The average molecular weight is 193 g/mol. The smallest absolute Gasteiger partial charge is 0.137 e. The molecule has 1 aliphatic heterocycles. The molecule has 0 unspecified atom stereocenters. The Labute approximate surface area is 83.7 Å². The number of aromatic hydroxyl groups is 1. The molecule has 1 N–H and O–H groups in total. The zero-order valence-electron chi connectivity index (χ0n) is 8.36. The lowest BCUT2D eigenvalue weighted by Crippen LogP contribution is -2.15. The van der Waals surface area contributed by atoms with Gasteiger partial charge in [0, 0.05) is 24.8 Å². The summed E-state index contributed by atoms with van der Waals surface area (Å²) < 4.78 is 5.28. The highest BCUT2D eigenvalue weighted by molar-refractivity contribution is 5.30. The van der Waals surface area contributed by atoms with Crippen LogP contribution in [-0.4, -0.2) is 23.3 Å². The minimum atomic E-state index is 0.322. The minimum absolute atomic E-state index is 0.322. The second-order valence-corrected chi connectivity index (χ2v) is 3.74. The van der Waals surface area contributed by atoms with Crippen LogP contribution in [0.15, 0.2) is 12.1 Å². The molecule has 0 bridgehead atoms. The van der Waals surface area contributed by atoms with Crippen molar-refractivity contribution in [3.8, 4) is 5.75 Å². The van der Waals surface area contributed by atoms with Gasteiger partial charge in [-0.25, -0.2) is 0 Å². The van der Waals surface area contributed by atoms with E-state index in [-0.39, 0.29) is 0 Å². The molecule has 3 heteroatoms. The fraction of sp³-hybridized carbons (Fsp3) is 0.545. The molecule has 0 saturated carbocycles. The molecule has 14 heavy (non-hydrogen) atoms. The van der Waals surface area contributed by atoms with Gasteiger partial charge in [-0.1, -0.05) is 0 Å². The minimum Gasteiger partial charge on any atom is -0.506 e. The van der Waals surface area contributed by atoms with Gasteiger partial charge in [-0.05, 0) is 31.9 Å². The van der Waals surface area contributed by atoms with Crippen molar-refractivity contribution in [1.82, 2.24) is 4.98 Å². The van der Waals surface area contributed by atoms with Crippen molar-refractivity contribution >= 4 is 0 Å². The predicted octanol–water partition coefficient (Wildman–Crippen LogP) is 1.99. The molecule has 0 atom stereocenters. The lowest BCUT2D eigenvalue weighted by atomic mass is 9.95. The van der Waals surface area contributed by atoms with E-state index in [0.29, 0.717) is 11.7 Å². The second-order valence-electron chi connectivity index (χ2n) is 3.74. The molecule has 1 aromatic rings. The summed E-state index contributed by atoms with van der Waals surface area (Å²) in [6.45, 7) is 3.50. The maximum Gasteiger partial charge on any atom is 0.137 e. The van der Waals surface area contributed by atoms with E-state index < -0.39 is 0 Å². The number of ether oxygens (including phenoxy) is 1. The van der Waals surface area contributed by atoms with Crippen molar-refractivity contribution in [2.45, 2.75) is 25.7 Å². The number of rotatable bonds is 1. The van der Waals surface area contributed by atoms with E-state index in [0.717, 1.165) is 37.4 Å². The SMILES string of the molecule is Cc1ccc(O)c(C2CCOCC2)n1. The molecule has 1 aliphatic rings. The molecule has 0 amide bonds. The lowest BCUT2D eigenvalue weighted by molar-refractivity contribution is 0.0839. The van der Waals surface area contributed by atoms with Crippen molar-refractivity contribution in [3.05, 3.63) is 23.5 Å². The van der Waals surface area contributed by atoms with Crippen molar-refractivity contribution in [3.63, 3.8) is 0 Å². The van der Waals surface area contributed by atoms with E-state index in [1.807, 2.05) is 13.0 Å². The van der Waals surface area contributed by atoms with Crippen LogP contribution >= 0.6 is 0 Å². The number of pyridine rings is 1. The van der Waals surface area contributed by atoms with Crippen LogP contribution in [0.25, 0.3) is 0 Å². The Hall–Kier alpha value is -1.09. The first-order valence-corrected chi connectivity index (χ1v) is 5.01. The van der Waals surface area contributed by atoms with Crippen molar-refractivity contribution in [2.75, 3.05) is 13.2 Å². The van der Waals surface area contributed by atoms with Crippen LogP contribution in [0.2, 0.25) is 0 Å². The first-order chi connectivity index (χ1) is 6.77. The molecule has 3 nitrogen and oxygen atoms in total. The van der Waals surface area contributed by atoms with Crippen LogP contribution in [0.4, 0.5) is 0 Å². The Bertz CT molecular complexity index is 319. The molecular formula is C11H15NO2. The van der Waals surface area contributed by atoms with Gasteiger partial charge in [0.25, 0.3) is 0 Å². The monoisotopic (exact) mass is 193 g/mol. The summed E-state index contributed by atoms with van der Waals surface area (Å²) in [4.78, 5) is 4.39. The Morgan fingerprint density at radius 3 is 2.79 bits per heavy atom. The Morgan fingerprint density at radius 2 is 2.07 bits per heavy atom. The summed E-state index contributed by atoms with van der Waals surface area (Å²) in [5, 5.41) is 9.68. The number of aromatic nitrogens is 1. The van der Waals surface area contributed by atoms with Gasteiger partial charge in [0.05, 0.1) is 5.69 Å². The molecule has 2 heterocycles.